The molecule has 1 fully saturated rings. The van der Waals surface area contributed by atoms with Crippen LogP contribution in [0.25, 0.3) is 0 Å². The highest BCUT2D eigenvalue weighted by Crippen LogP contribution is 2.41. The molecule has 0 saturated carbocycles. The van der Waals surface area contributed by atoms with Gasteiger partial charge >= 0.3 is 12.4 Å². The van der Waals surface area contributed by atoms with E-state index in [9.17, 15) is 30.7 Å². The number of benzene rings is 2. The zero-order valence-electron chi connectivity index (χ0n) is 17.0. The number of alkyl halides is 6. The van der Waals surface area contributed by atoms with Crippen molar-refractivity contribution in [2.45, 2.75) is 44.0 Å². The SMILES string of the molecule is C=C[C@@H]1CCO[C@H](O[C@H](C)c2cc(C(F)(F)F)cc(C(F)(F)F)c2)[C@H]1c1ccc(F)cc1. The van der Waals surface area contributed by atoms with Gasteiger partial charge in [-0.3, -0.25) is 0 Å². The summed E-state index contributed by atoms with van der Waals surface area (Å²) in [5.74, 6) is -1.05. The molecule has 0 aliphatic carbocycles. The Morgan fingerprint density at radius 1 is 1.00 bits per heavy atom. The third-order valence-electron chi connectivity index (χ3n) is 5.46. The zero-order chi connectivity index (χ0) is 23.7. The lowest BCUT2D eigenvalue weighted by Crippen LogP contribution is -2.36. The first-order chi connectivity index (χ1) is 14.9. The minimum absolute atomic E-state index is 0.0718. The second-order valence-corrected chi connectivity index (χ2v) is 7.62. The molecule has 3 rings (SSSR count). The maximum Gasteiger partial charge on any atom is 0.416 e. The Kier molecular flexibility index (Phi) is 7.00. The average Bonchev–Trinajstić information content (AvgIpc) is 2.72. The molecule has 0 spiro atoms. The van der Waals surface area contributed by atoms with E-state index >= 15 is 0 Å². The van der Waals surface area contributed by atoms with Gasteiger partial charge in [-0.25, -0.2) is 4.39 Å². The fraction of sp³-hybridized carbons (Fsp3) is 0.391. The molecule has 0 unspecified atom stereocenters. The van der Waals surface area contributed by atoms with Crippen molar-refractivity contribution >= 4 is 0 Å². The molecule has 1 heterocycles. The zero-order valence-corrected chi connectivity index (χ0v) is 17.0. The van der Waals surface area contributed by atoms with Gasteiger partial charge in [-0.15, -0.1) is 6.58 Å². The van der Waals surface area contributed by atoms with Crippen molar-refractivity contribution in [3.8, 4) is 0 Å². The molecule has 9 heteroatoms. The van der Waals surface area contributed by atoms with E-state index in [1.807, 2.05) is 0 Å². The number of allylic oxidation sites excluding steroid dienone is 1. The van der Waals surface area contributed by atoms with Gasteiger partial charge in [0.15, 0.2) is 6.29 Å². The molecule has 0 aromatic heterocycles. The molecule has 2 nitrogen and oxygen atoms in total. The van der Waals surface area contributed by atoms with Gasteiger partial charge in [-0.2, -0.15) is 26.3 Å². The van der Waals surface area contributed by atoms with E-state index in [1.54, 1.807) is 6.08 Å². The summed E-state index contributed by atoms with van der Waals surface area (Å²) in [6.45, 7) is 5.42. The molecule has 0 bridgehead atoms. The van der Waals surface area contributed by atoms with Crippen molar-refractivity contribution < 1.29 is 40.2 Å². The molecule has 2 aromatic rings. The summed E-state index contributed by atoms with van der Waals surface area (Å²) in [6.07, 6.45) is -9.76. The lowest BCUT2D eigenvalue weighted by atomic mass is 9.82. The van der Waals surface area contributed by atoms with Gasteiger partial charge < -0.3 is 9.47 Å². The lowest BCUT2D eigenvalue weighted by molar-refractivity contribution is -0.205. The molecule has 1 aliphatic heterocycles. The molecule has 2 aromatic carbocycles. The van der Waals surface area contributed by atoms with Gasteiger partial charge in [0.05, 0.1) is 23.8 Å². The van der Waals surface area contributed by atoms with E-state index in [1.165, 1.54) is 31.2 Å². The van der Waals surface area contributed by atoms with Crippen LogP contribution in [-0.4, -0.2) is 12.9 Å². The van der Waals surface area contributed by atoms with Crippen LogP contribution in [0.3, 0.4) is 0 Å². The minimum Gasteiger partial charge on any atom is -0.352 e. The van der Waals surface area contributed by atoms with Gasteiger partial charge in [0, 0.05) is 5.92 Å². The smallest absolute Gasteiger partial charge is 0.352 e. The van der Waals surface area contributed by atoms with Crippen molar-refractivity contribution in [3.63, 3.8) is 0 Å². The monoisotopic (exact) mass is 462 g/mol. The van der Waals surface area contributed by atoms with Crippen molar-refractivity contribution in [1.29, 1.82) is 0 Å². The quantitative estimate of drug-likeness (QED) is 0.344. The molecule has 174 valence electrons. The first-order valence-corrected chi connectivity index (χ1v) is 9.84. The van der Waals surface area contributed by atoms with Crippen LogP contribution in [0, 0.1) is 11.7 Å². The fourth-order valence-corrected chi connectivity index (χ4v) is 3.78. The van der Waals surface area contributed by atoms with Crippen molar-refractivity contribution in [2.75, 3.05) is 6.61 Å². The van der Waals surface area contributed by atoms with Crippen molar-refractivity contribution in [1.82, 2.24) is 0 Å². The molecule has 0 radical (unpaired) electrons. The third-order valence-corrected chi connectivity index (χ3v) is 5.46. The Hall–Kier alpha value is -2.39. The average molecular weight is 462 g/mol. The number of rotatable bonds is 5. The van der Waals surface area contributed by atoms with Gasteiger partial charge in [-0.05, 0) is 60.7 Å². The number of halogens is 7. The lowest BCUT2D eigenvalue weighted by Gasteiger charge is -2.38. The number of hydrogen-bond donors (Lipinski definition) is 0. The first kappa shape index (κ1) is 24.3. The van der Waals surface area contributed by atoms with Crippen LogP contribution in [0.1, 0.15) is 47.6 Å². The van der Waals surface area contributed by atoms with Gasteiger partial charge in [0.1, 0.15) is 5.82 Å². The molecule has 1 saturated heterocycles. The number of hydrogen-bond acceptors (Lipinski definition) is 2. The summed E-state index contributed by atoms with van der Waals surface area (Å²) in [5, 5.41) is 0. The van der Waals surface area contributed by atoms with Gasteiger partial charge in [-0.1, -0.05) is 18.2 Å². The Morgan fingerprint density at radius 3 is 2.06 bits per heavy atom. The summed E-state index contributed by atoms with van der Waals surface area (Å²) < 4.78 is 104. The summed E-state index contributed by atoms with van der Waals surface area (Å²) >= 11 is 0. The van der Waals surface area contributed by atoms with Crippen molar-refractivity contribution in [2.24, 2.45) is 5.92 Å². The largest absolute Gasteiger partial charge is 0.416 e. The van der Waals surface area contributed by atoms with E-state index in [4.69, 9.17) is 9.47 Å². The number of ether oxygens (including phenoxy) is 2. The van der Waals surface area contributed by atoms with Gasteiger partial charge in [0.25, 0.3) is 0 Å². The molecular weight excluding hydrogens is 441 g/mol. The van der Waals surface area contributed by atoms with Crippen LogP contribution >= 0.6 is 0 Å². The third kappa shape index (κ3) is 5.50. The van der Waals surface area contributed by atoms with Crippen LogP contribution in [0.4, 0.5) is 30.7 Å². The Morgan fingerprint density at radius 2 is 1.56 bits per heavy atom. The van der Waals surface area contributed by atoms with Crippen LogP contribution < -0.4 is 0 Å². The predicted octanol–water partition coefficient (Wildman–Crippen LogP) is 7.27. The Balaban J connectivity index is 1.94. The Bertz CT molecular complexity index is 903. The fourth-order valence-electron chi connectivity index (χ4n) is 3.78. The van der Waals surface area contributed by atoms with Crippen molar-refractivity contribution in [3.05, 3.63) is 83.2 Å². The highest BCUT2D eigenvalue weighted by molar-refractivity contribution is 5.35. The standard InChI is InChI=1S/C23H21F7O2/c1-3-14-8-9-31-21(20(14)15-4-6-19(24)7-5-15)32-13(2)16-10-17(22(25,26)27)12-18(11-16)23(28,29)30/h3-7,10-14,20-21H,1,8-9H2,2H3/t13-,14-,20-,21-/m1/s1. The second kappa shape index (κ2) is 9.23. The van der Waals surface area contributed by atoms with E-state index in [0.717, 1.165) is 0 Å². The van der Waals surface area contributed by atoms with Crippen LogP contribution in [0.2, 0.25) is 0 Å². The topological polar surface area (TPSA) is 18.5 Å². The summed E-state index contributed by atoms with van der Waals surface area (Å²) in [7, 11) is 0. The van der Waals surface area contributed by atoms with Gasteiger partial charge in [0.2, 0.25) is 0 Å². The summed E-state index contributed by atoms with van der Waals surface area (Å²) in [4.78, 5) is 0. The highest BCUT2D eigenvalue weighted by Gasteiger charge is 2.39. The molecular formula is C23H21F7O2. The maximum atomic E-state index is 13.4. The van der Waals surface area contributed by atoms with E-state index < -0.39 is 47.6 Å². The maximum absolute atomic E-state index is 13.4. The molecule has 0 N–H and O–H groups in total. The van der Waals surface area contributed by atoms with Crippen LogP contribution in [0.15, 0.2) is 55.1 Å². The normalized spacial score (nSPS) is 23.1. The van der Waals surface area contributed by atoms with Crippen LogP contribution in [-0.2, 0) is 21.8 Å². The minimum atomic E-state index is -4.96. The first-order valence-electron chi connectivity index (χ1n) is 9.84. The predicted molar refractivity (Wildman–Crippen MR) is 103 cm³/mol. The highest BCUT2D eigenvalue weighted by atomic mass is 19.4. The van der Waals surface area contributed by atoms with E-state index in [0.29, 0.717) is 24.1 Å². The summed E-state index contributed by atoms with van der Waals surface area (Å²) in [6, 6.07) is 6.94. The molecule has 0 amide bonds. The molecule has 32 heavy (non-hydrogen) atoms. The summed E-state index contributed by atoms with van der Waals surface area (Å²) in [5.41, 5.74) is -2.45. The van der Waals surface area contributed by atoms with E-state index in [2.05, 4.69) is 6.58 Å². The second-order valence-electron chi connectivity index (χ2n) is 7.62. The van der Waals surface area contributed by atoms with E-state index in [-0.39, 0.29) is 24.2 Å². The molecule has 4 atom stereocenters. The molecule has 1 aliphatic rings. The van der Waals surface area contributed by atoms with Crippen LogP contribution in [0.5, 0.6) is 0 Å². The Labute approximate surface area is 180 Å².